The van der Waals surface area contributed by atoms with Crippen molar-refractivity contribution in [1.82, 2.24) is 5.32 Å². The molecule has 3 N–H and O–H groups in total. The van der Waals surface area contributed by atoms with Crippen LogP contribution in [0.3, 0.4) is 0 Å². The lowest BCUT2D eigenvalue weighted by Crippen LogP contribution is -2.47. The summed E-state index contributed by atoms with van der Waals surface area (Å²) in [5.41, 5.74) is 6.69. The van der Waals surface area contributed by atoms with Gasteiger partial charge in [0.15, 0.2) is 0 Å². The van der Waals surface area contributed by atoms with Crippen LogP contribution in [0.4, 0.5) is 0 Å². The van der Waals surface area contributed by atoms with Crippen LogP contribution in [-0.2, 0) is 9.59 Å². The number of nitrogens with one attached hydrogen (secondary N) is 1. The normalized spacial score (nSPS) is 22.8. The molecular weight excluding hydrogens is 276 g/mol. The predicted octanol–water partition coefficient (Wildman–Crippen LogP) is 2.73. The summed E-state index contributed by atoms with van der Waals surface area (Å²) < 4.78 is 0. The van der Waals surface area contributed by atoms with Gasteiger partial charge in [0.25, 0.3) is 0 Å². The van der Waals surface area contributed by atoms with Gasteiger partial charge in [0.2, 0.25) is 11.8 Å². The molecule has 0 bridgehead atoms. The maximum atomic E-state index is 12.2. The zero-order valence-electron chi connectivity index (χ0n) is 13.3. The smallest absolute Gasteiger partial charge is 0.222 e. The lowest BCUT2D eigenvalue weighted by atomic mass is 9.84. The van der Waals surface area contributed by atoms with E-state index in [1.54, 1.807) is 0 Å². The number of primary amides is 1. The summed E-state index contributed by atoms with van der Waals surface area (Å²) in [4.78, 5) is 23.6. The van der Waals surface area contributed by atoms with Gasteiger partial charge in [-0.2, -0.15) is 0 Å². The van der Waals surface area contributed by atoms with Crippen LogP contribution in [0, 0.1) is 5.92 Å². The maximum absolute atomic E-state index is 12.2. The largest absolute Gasteiger partial charge is 0.369 e. The molecule has 0 aliphatic heterocycles. The summed E-state index contributed by atoms with van der Waals surface area (Å²) in [6.45, 7) is 2.13. The van der Waals surface area contributed by atoms with Crippen molar-refractivity contribution >= 4 is 11.8 Å². The van der Waals surface area contributed by atoms with Gasteiger partial charge in [-0.05, 0) is 30.7 Å². The molecule has 120 valence electrons. The molecule has 0 heterocycles. The van der Waals surface area contributed by atoms with E-state index in [2.05, 4.69) is 24.4 Å². The molecule has 3 atom stereocenters. The first-order valence-electron chi connectivity index (χ1n) is 8.21. The van der Waals surface area contributed by atoms with Gasteiger partial charge in [0.05, 0.1) is 5.92 Å². The monoisotopic (exact) mass is 302 g/mol. The first kappa shape index (κ1) is 16.5. The van der Waals surface area contributed by atoms with E-state index in [0.717, 1.165) is 32.1 Å². The molecule has 22 heavy (non-hydrogen) atoms. The number of nitrogens with two attached hydrogens (primary N) is 1. The van der Waals surface area contributed by atoms with E-state index in [1.807, 2.05) is 18.2 Å². The summed E-state index contributed by atoms with van der Waals surface area (Å²) in [5, 5.41) is 3.02. The van der Waals surface area contributed by atoms with Gasteiger partial charge >= 0.3 is 0 Å². The molecule has 4 nitrogen and oxygen atoms in total. The third kappa shape index (κ3) is 4.58. The summed E-state index contributed by atoms with van der Waals surface area (Å²) in [5.74, 6) is -0.113. The third-order valence-corrected chi connectivity index (χ3v) is 4.65. The van der Waals surface area contributed by atoms with E-state index in [9.17, 15) is 9.59 Å². The van der Waals surface area contributed by atoms with Crippen molar-refractivity contribution in [2.24, 2.45) is 11.7 Å². The van der Waals surface area contributed by atoms with E-state index in [0.29, 0.717) is 12.3 Å². The summed E-state index contributed by atoms with van der Waals surface area (Å²) >= 11 is 0. The second kappa shape index (κ2) is 7.97. The first-order valence-corrected chi connectivity index (χ1v) is 8.21. The molecule has 2 amide bonds. The Labute approximate surface area is 132 Å². The Hall–Kier alpha value is -1.84. The molecular formula is C18H26N2O2. The lowest BCUT2D eigenvalue weighted by molar-refractivity contribution is -0.126. The van der Waals surface area contributed by atoms with Gasteiger partial charge in [0, 0.05) is 12.5 Å². The molecule has 0 saturated heterocycles. The summed E-state index contributed by atoms with van der Waals surface area (Å²) in [6, 6.07) is 10.1. The van der Waals surface area contributed by atoms with Crippen molar-refractivity contribution in [1.29, 1.82) is 0 Å². The Morgan fingerprint density at radius 1 is 1.23 bits per heavy atom. The van der Waals surface area contributed by atoms with E-state index in [4.69, 9.17) is 5.73 Å². The Bertz CT molecular complexity index is 501. The van der Waals surface area contributed by atoms with Crippen LogP contribution >= 0.6 is 0 Å². The van der Waals surface area contributed by atoms with Gasteiger partial charge < -0.3 is 11.1 Å². The molecule has 1 fully saturated rings. The van der Waals surface area contributed by atoms with E-state index < -0.39 is 0 Å². The fraction of sp³-hybridized carbons (Fsp3) is 0.556. The van der Waals surface area contributed by atoms with Crippen LogP contribution in [0.25, 0.3) is 0 Å². The van der Waals surface area contributed by atoms with Gasteiger partial charge in [-0.1, -0.05) is 50.1 Å². The summed E-state index contributed by atoms with van der Waals surface area (Å²) in [6.07, 6.45) is 5.01. The SMILES string of the molecule is CC(CCC(=O)NC1CCCCC1C(N)=O)c1ccccc1. The molecule has 0 radical (unpaired) electrons. The van der Waals surface area contributed by atoms with E-state index >= 15 is 0 Å². The highest BCUT2D eigenvalue weighted by molar-refractivity contribution is 5.80. The topological polar surface area (TPSA) is 72.2 Å². The van der Waals surface area contributed by atoms with Gasteiger partial charge in [-0.15, -0.1) is 0 Å². The fourth-order valence-electron chi connectivity index (χ4n) is 3.22. The van der Waals surface area contributed by atoms with Crippen molar-refractivity contribution in [3.8, 4) is 0 Å². The zero-order chi connectivity index (χ0) is 15.9. The van der Waals surface area contributed by atoms with Crippen molar-refractivity contribution < 1.29 is 9.59 Å². The summed E-state index contributed by atoms with van der Waals surface area (Å²) in [7, 11) is 0. The second-order valence-electron chi connectivity index (χ2n) is 6.32. The quantitative estimate of drug-likeness (QED) is 0.848. The number of hydrogen-bond acceptors (Lipinski definition) is 2. The molecule has 3 unspecified atom stereocenters. The van der Waals surface area contributed by atoms with Gasteiger partial charge in [-0.3, -0.25) is 9.59 Å². The minimum Gasteiger partial charge on any atom is -0.369 e. The minimum atomic E-state index is -0.289. The van der Waals surface area contributed by atoms with Gasteiger partial charge in [-0.25, -0.2) is 0 Å². The number of carbonyl (C=O) groups excluding carboxylic acids is 2. The highest BCUT2D eigenvalue weighted by Crippen LogP contribution is 2.25. The highest BCUT2D eigenvalue weighted by atomic mass is 16.2. The molecule has 0 spiro atoms. The molecule has 0 aromatic heterocycles. The molecule has 4 heteroatoms. The van der Waals surface area contributed by atoms with Crippen LogP contribution in [0.5, 0.6) is 0 Å². The molecule has 1 aliphatic rings. The Balaban J connectivity index is 1.81. The maximum Gasteiger partial charge on any atom is 0.222 e. The van der Waals surface area contributed by atoms with Crippen LogP contribution in [0.1, 0.15) is 56.9 Å². The lowest BCUT2D eigenvalue weighted by Gasteiger charge is -2.30. The number of carbonyl (C=O) groups is 2. The third-order valence-electron chi connectivity index (χ3n) is 4.65. The van der Waals surface area contributed by atoms with Crippen LogP contribution in [0.15, 0.2) is 30.3 Å². The molecule has 1 aliphatic carbocycles. The van der Waals surface area contributed by atoms with Crippen molar-refractivity contribution in [3.05, 3.63) is 35.9 Å². The average molecular weight is 302 g/mol. The van der Waals surface area contributed by atoms with Crippen molar-refractivity contribution in [3.63, 3.8) is 0 Å². The number of benzene rings is 1. The zero-order valence-corrected chi connectivity index (χ0v) is 13.3. The second-order valence-corrected chi connectivity index (χ2v) is 6.32. The fourth-order valence-corrected chi connectivity index (χ4v) is 3.22. The Morgan fingerprint density at radius 2 is 1.91 bits per heavy atom. The van der Waals surface area contributed by atoms with E-state index in [-0.39, 0.29) is 23.8 Å². The minimum absolute atomic E-state index is 0.0286. The number of hydrogen-bond donors (Lipinski definition) is 2. The number of amides is 2. The van der Waals surface area contributed by atoms with Crippen LogP contribution < -0.4 is 11.1 Å². The highest BCUT2D eigenvalue weighted by Gasteiger charge is 2.30. The molecule has 1 aromatic carbocycles. The standard InChI is InChI=1S/C18H26N2O2/c1-13(14-7-3-2-4-8-14)11-12-17(21)20-16-10-6-5-9-15(16)18(19)22/h2-4,7-8,13,15-16H,5-6,9-12H2,1H3,(H2,19,22)(H,20,21). The Kier molecular flexibility index (Phi) is 5.99. The average Bonchev–Trinajstić information content (AvgIpc) is 2.53. The van der Waals surface area contributed by atoms with E-state index in [1.165, 1.54) is 5.56 Å². The van der Waals surface area contributed by atoms with Gasteiger partial charge in [0.1, 0.15) is 0 Å². The van der Waals surface area contributed by atoms with Crippen molar-refractivity contribution in [2.45, 2.75) is 57.4 Å². The predicted molar refractivity (Wildman–Crippen MR) is 87.2 cm³/mol. The molecule has 1 aromatic rings. The van der Waals surface area contributed by atoms with Crippen molar-refractivity contribution in [2.75, 3.05) is 0 Å². The number of rotatable bonds is 6. The first-order chi connectivity index (χ1) is 10.6. The Morgan fingerprint density at radius 3 is 2.59 bits per heavy atom. The van der Waals surface area contributed by atoms with Crippen LogP contribution in [0.2, 0.25) is 0 Å². The molecule has 1 saturated carbocycles. The molecule has 2 rings (SSSR count). The van der Waals surface area contributed by atoms with Crippen LogP contribution in [-0.4, -0.2) is 17.9 Å².